The molecule has 12 heavy (non-hydrogen) atoms. The van der Waals surface area contributed by atoms with E-state index in [0.717, 1.165) is 6.42 Å². The molecule has 0 amide bonds. The van der Waals surface area contributed by atoms with Crippen LogP contribution in [-0.2, 0) is 20.9 Å². The summed E-state index contributed by atoms with van der Waals surface area (Å²) in [5, 5.41) is 0.636. The molecule has 0 aliphatic rings. The van der Waals surface area contributed by atoms with Gasteiger partial charge in [0.05, 0.1) is 5.94 Å². The number of rotatable bonds is 6. The molecule has 0 rings (SSSR count). The Kier molecular flexibility index (Phi) is 6.87. The summed E-state index contributed by atoms with van der Waals surface area (Å²) in [6, 6.07) is 0. The van der Waals surface area contributed by atoms with Gasteiger partial charge in [0, 0.05) is 19.0 Å². The van der Waals surface area contributed by atoms with Crippen LogP contribution in [0.1, 0.15) is 20.3 Å². The minimum absolute atomic E-state index is 0.636. The largest absolute Gasteiger partial charge is 0.333 e. The van der Waals surface area contributed by atoms with Gasteiger partial charge in [-0.15, -0.1) is 11.8 Å². The molecule has 0 aliphatic carbocycles. The highest BCUT2D eigenvalue weighted by molar-refractivity contribution is 8.10. The lowest BCUT2D eigenvalue weighted by Gasteiger charge is -2.16. The molecular weight excluding hydrogens is 211 g/mol. The molecule has 0 saturated carbocycles. The third-order valence-electron chi connectivity index (χ3n) is 1.55. The molecule has 0 bridgehead atoms. The Hall–Kier alpha value is 0.920. The third-order valence-corrected chi connectivity index (χ3v) is 4.90. The molecule has 0 spiro atoms. The standard InChI is InChI=1S/C7H17O2PS2/c1-5-7(2)12-6-9-10(4,11)8-3/h7H,5-6H2,1-4H3/t7-,10?/m0/s1. The van der Waals surface area contributed by atoms with Crippen molar-refractivity contribution in [1.29, 1.82) is 0 Å². The van der Waals surface area contributed by atoms with Gasteiger partial charge in [0.2, 0.25) is 0 Å². The summed E-state index contributed by atoms with van der Waals surface area (Å²) in [7, 11) is 1.61. The molecule has 0 heterocycles. The normalized spacial score (nSPS) is 18.7. The van der Waals surface area contributed by atoms with Gasteiger partial charge in [-0.3, -0.25) is 0 Å². The summed E-state index contributed by atoms with van der Waals surface area (Å²) >= 11 is 6.86. The fourth-order valence-corrected chi connectivity index (χ4v) is 2.38. The lowest BCUT2D eigenvalue weighted by molar-refractivity contribution is 0.331. The topological polar surface area (TPSA) is 18.5 Å². The number of hydrogen-bond acceptors (Lipinski definition) is 4. The van der Waals surface area contributed by atoms with Crippen LogP contribution < -0.4 is 0 Å². The van der Waals surface area contributed by atoms with Crippen LogP contribution in [0, 0.1) is 0 Å². The van der Waals surface area contributed by atoms with E-state index in [9.17, 15) is 0 Å². The summed E-state index contributed by atoms with van der Waals surface area (Å²) in [5.74, 6) is 0.649. The second-order valence-electron chi connectivity index (χ2n) is 2.59. The van der Waals surface area contributed by atoms with Gasteiger partial charge in [0.25, 0.3) is 0 Å². The van der Waals surface area contributed by atoms with Crippen molar-refractivity contribution in [2.24, 2.45) is 0 Å². The van der Waals surface area contributed by atoms with Gasteiger partial charge >= 0.3 is 0 Å². The second-order valence-corrected chi connectivity index (χ2v) is 8.12. The highest BCUT2D eigenvalue weighted by Gasteiger charge is 2.09. The van der Waals surface area contributed by atoms with Gasteiger partial charge in [-0.05, 0) is 18.2 Å². The van der Waals surface area contributed by atoms with E-state index in [1.807, 2.05) is 6.66 Å². The smallest absolute Gasteiger partial charge is 0.186 e. The molecule has 5 heteroatoms. The Bertz CT molecular complexity index is 163. The SMILES string of the molecule is CC[C@H](C)SCOP(C)(=S)OC. The summed E-state index contributed by atoms with van der Waals surface area (Å²) in [5.41, 5.74) is 0. The molecular formula is C7H17O2PS2. The maximum absolute atomic E-state index is 5.42. The van der Waals surface area contributed by atoms with Crippen LogP contribution in [0.2, 0.25) is 0 Å². The monoisotopic (exact) mass is 228 g/mol. The van der Waals surface area contributed by atoms with Crippen molar-refractivity contribution in [3.05, 3.63) is 0 Å². The molecule has 0 aromatic carbocycles. The number of hydrogen-bond donors (Lipinski definition) is 0. The average molecular weight is 228 g/mol. The summed E-state index contributed by atoms with van der Waals surface area (Å²) < 4.78 is 10.5. The highest BCUT2D eigenvalue weighted by atomic mass is 32.5. The Morgan fingerprint density at radius 2 is 2.17 bits per heavy atom. The first-order valence-electron chi connectivity index (χ1n) is 3.91. The maximum atomic E-state index is 5.42. The van der Waals surface area contributed by atoms with Crippen LogP contribution in [0.4, 0.5) is 0 Å². The molecule has 0 radical (unpaired) electrons. The fourth-order valence-electron chi connectivity index (χ4n) is 0.413. The molecule has 0 N–H and O–H groups in total. The van der Waals surface area contributed by atoms with Crippen molar-refractivity contribution in [2.75, 3.05) is 19.7 Å². The molecule has 2 atom stereocenters. The zero-order valence-corrected chi connectivity index (χ0v) is 10.6. The predicted molar refractivity (Wildman–Crippen MR) is 60.5 cm³/mol. The maximum Gasteiger partial charge on any atom is 0.186 e. The molecule has 1 unspecified atom stereocenters. The van der Waals surface area contributed by atoms with Gasteiger partial charge in [0.15, 0.2) is 6.49 Å². The van der Waals surface area contributed by atoms with Gasteiger partial charge in [-0.2, -0.15) is 0 Å². The average Bonchev–Trinajstić information content (AvgIpc) is 2.04. The lowest BCUT2D eigenvalue weighted by Crippen LogP contribution is -1.97. The summed E-state index contributed by atoms with van der Waals surface area (Å²) in [6.45, 7) is 4.26. The Balaban J connectivity index is 3.49. The quantitative estimate of drug-likeness (QED) is 0.513. The summed E-state index contributed by atoms with van der Waals surface area (Å²) in [6.07, 6.45) is 1.16. The first-order chi connectivity index (χ1) is 5.52. The van der Waals surface area contributed by atoms with Crippen LogP contribution in [0.15, 0.2) is 0 Å². The van der Waals surface area contributed by atoms with Gasteiger partial charge in [0.1, 0.15) is 0 Å². The predicted octanol–water partition coefficient (Wildman–Crippen LogP) is 3.08. The van der Waals surface area contributed by atoms with Crippen LogP contribution in [0.3, 0.4) is 0 Å². The highest BCUT2D eigenvalue weighted by Crippen LogP contribution is 2.44. The van der Waals surface area contributed by atoms with E-state index in [0.29, 0.717) is 11.2 Å². The number of thioether (sulfide) groups is 1. The van der Waals surface area contributed by atoms with Crippen molar-refractivity contribution < 1.29 is 9.05 Å². The third kappa shape index (κ3) is 6.44. The van der Waals surface area contributed by atoms with E-state index in [2.05, 4.69) is 13.8 Å². The van der Waals surface area contributed by atoms with E-state index < -0.39 is 6.49 Å². The fraction of sp³-hybridized carbons (Fsp3) is 1.00. The van der Waals surface area contributed by atoms with Gasteiger partial charge in [-0.25, -0.2) is 0 Å². The van der Waals surface area contributed by atoms with E-state index >= 15 is 0 Å². The first kappa shape index (κ1) is 12.9. The minimum atomic E-state index is -1.93. The van der Waals surface area contributed by atoms with E-state index in [4.69, 9.17) is 20.9 Å². The first-order valence-corrected chi connectivity index (χ1v) is 8.04. The minimum Gasteiger partial charge on any atom is -0.333 e. The Morgan fingerprint density at radius 3 is 2.58 bits per heavy atom. The van der Waals surface area contributed by atoms with Crippen LogP contribution in [0.5, 0.6) is 0 Å². The Morgan fingerprint density at radius 1 is 1.58 bits per heavy atom. The van der Waals surface area contributed by atoms with Crippen molar-refractivity contribution in [3.63, 3.8) is 0 Å². The van der Waals surface area contributed by atoms with E-state index in [1.54, 1.807) is 18.9 Å². The zero-order chi connectivity index (χ0) is 9.61. The molecule has 0 fully saturated rings. The van der Waals surface area contributed by atoms with Crippen molar-refractivity contribution in [2.45, 2.75) is 25.5 Å². The van der Waals surface area contributed by atoms with Crippen LogP contribution in [-0.4, -0.2) is 25.0 Å². The van der Waals surface area contributed by atoms with Crippen molar-refractivity contribution in [1.82, 2.24) is 0 Å². The molecule has 0 aromatic heterocycles. The molecule has 0 aromatic rings. The lowest BCUT2D eigenvalue weighted by atomic mass is 10.4. The molecule has 0 aliphatic heterocycles. The Labute approximate surface area is 84.6 Å². The molecule has 2 nitrogen and oxygen atoms in total. The second kappa shape index (κ2) is 6.39. The van der Waals surface area contributed by atoms with Gasteiger partial charge < -0.3 is 9.05 Å². The zero-order valence-electron chi connectivity index (χ0n) is 8.07. The van der Waals surface area contributed by atoms with Crippen LogP contribution in [0.25, 0.3) is 0 Å². The molecule has 0 saturated heterocycles. The van der Waals surface area contributed by atoms with Gasteiger partial charge in [-0.1, -0.05) is 13.8 Å². The summed E-state index contributed by atoms with van der Waals surface area (Å²) in [4.78, 5) is 0. The van der Waals surface area contributed by atoms with Crippen LogP contribution >= 0.6 is 18.3 Å². The van der Waals surface area contributed by atoms with E-state index in [1.165, 1.54) is 0 Å². The van der Waals surface area contributed by atoms with E-state index in [-0.39, 0.29) is 0 Å². The van der Waals surface area contributed by atoms with Crippen molar-refractivity contribution >= 4 is 30.1 Å². The molecule has 74 valence electrons. The van der Waals surface area contributed by atoms with Crippen molar-refractivity contribution in [3.8, 4) is 0 Å².